The first-order valence-electron chi connectivity index (χ1n) is 7.30. The van der Waals surface area contributed by atoms with E-state index in [1.54, 1.807) is 6.07 Å². The number of carbonyl (C=O) groups excluding carboxylic acids is 1. The molecule has 5 nitrogen and oxygen atoms in total. The van der Waals surface area contributed by atoms with Gasteiger partial charge in [-0.3, -0.25) is 4.79 Å². The number of benzene rings is 1. The molecule has 1 saturated carbocycles. The van der Waals surface area contributed by atoms with Gasteiger partial charge < -0.3 is 20.7 Å². The Morgan fingerprint density at radius 2 is 2.29 bits per heavy atom. The minimum atomic E-state index is -0.496. The number of nitrogens with one attached hydrogen (secondary N) is 1. The molecule has 1 amide bonds. The molecule has 6 heteroatoms. The van der Waals surface area contributed by atoms with Crippen LogP contribution >= 0.6 is 0 Å². The van der Waals surface area contributed by atoms with E-state index in [9.17, 15) is 9.18 Å². The summed E-state index contributed by atoms with van der Waals surface area (Å²) in [5.41, 5.74) is 7.17. The molecule has 1 aliphatic carbocycles. The van der Waals surface area contributed by atoms with E-state index < -0.39 is 11.9 Å². The van der Waals surface area contributed by atoms with Crippen LogP contribution in [0.3, 0.4) is 0 Å². The summed E-state index contributed by atoms with van der Waals surface area (Å²) < 4.78 is 18.9. The predicted molar refractivity (Wildman–Crippen MR) is 77.4 cm³/mol. The fourth-order valence-electron chi connectivity index (χ4n) is 2.65. The van der Waals surface area contributed by atoms with Gasteiger partial charge in [-0.2, -0.15) is 0 Å². The molecule has 2 fully saturated rings. The maximum absolute atomic E-state index is 13.5. The van der Waals surface area contributed by atoms with Crippen LogP contribution in [0, 0.1) is 5.82 Å². The van der Waals surface area contributed by atoms with E-state index in [1.165, 1.54) is 25.0 Å². The minimum absolute atomic E-state index is 0.268. The van der Waals surface area contributed by atoms with Crippen molar-refractivity contribution in [2.45, 2.75) is 31.5 Å². The van der Waals surface area contributed by atoms with Gasteiger partial charge in [-0.1, -0.05) is 0 Å². The topological polar surface area (TPSA) is 67.6 Å². The summed E-state index contributed by atoms with van der Waals surface area (Å²) in [4.78, 5) is 13.5. The third-order valence-corrected chi connectivity index (χ3v) is 3.97. The van der Waals surface area contributed by atoms with Crippen LogP contribution < -0.4 is 16.0 Å². The fourth-order valence-corrected chi connectivity index (χ4v) is 2.65. The highest BCUT2D eigenvalue weighted by atomic mass is 19.1. The van der Waals surface area contributed by atoms with Crippen molar-refractivity contribution in [3.63, 3.8) is 0 Å². The Morgan fingerprint density at radius 3 is 3.00 bits per heavy atom. The van der Waals surface area contributed by atoms with Crippen molar-refractivity contribution in [2.24, 2.45) is 5.73 Å². The zero-order valence-corrected chi connectivity index (χ0v) is 11.8. The highest BCUT2D eigenvalue weighted by Crippen LogP contribution is 2.27. The Morgan fingerprint density at radius 1 is 1.48 bits per heavy atom. The van der Waals surface area contributed by atoms with E-state index in [0.717, 1.165) is 11.3 Å². The molecule has 0 bridgehead atoms. The van der Waals surface area contributed by atoms with Gasteiger partial charge in [0, 0.05) is 24.8 Å². The van der Waals surface area contributed by atoms with Crippen molar-refractivity contribution in [3.8, 4) is 0 Å². The lowest BCUT2D eigenvalue weighted by molar-refractivity contribution is -0.121. The maximum atomic E-state index is 13.5. The van der Waals surface area contributed by atoms with E-state index in [4.69, 9.17) is 10.5 Å². The molecule has 0 aromatic heterocycles. The molecular weight excluding hydrogens is 273 g/mol. The number of morpholine rings is 1. The smallest absolute Gasteiger partial charge is 0.242 e. The SMILES string of the molecule is NC(=O)C1COCCN1c1ccc(F)cc1CNC1CC1. The monoisotopic (exact) mass is 293 g/mol. The van der Waals surface area contributed by atoms with Gasteiger partial charge in [0.1, 0.15) is 11.9 Å². The number of hydrogen-bond acceptors (Lipinski definition) is 4. The van der Waals surface area contributed by atoms with Gasteiger partial charge in [-0.25, -0.2) is 4.39 Å². The predicted octanol–water partition coefficient (Wildman–Crippen LogP) is 0.768. The molecule has 0 radical (unpaired) electrons. The van der Waals surface area contributed by atoms with Gasteiger partial charge in [-0.05, 0) is 36.6 Å². The van der Waals surface area contributed by atoms with Crippen LogP contribution in [0.4, 0.5) is 10.1 Å². The second kappa shape index (κ2) is 5.99. The normalized spacial score (nSPS) is 22.3. The molecule has 1 heterocycles. The molecule has 1 aliphatic heterocycles. The highest BCUT2D eigenvalue weighted by Gasteiger charge is 2.29. The van der Waals surface area contributed by atoms with Crippen LogP contribution in [0.2, 0.25) is 0 Å². The number of nitrogens with two attached hydrogens (primary N) is 1. The fraction of sp³-hybridized carbons (Fsp3) is 0.533. The zero-order valence-electron chi connectivity index (χ0n) is 11.8. The van der Waals surface area contributed by atoms with Gasteiger partial charge in [-0.15, -0.1) is 0 Å². The summed E-state index contributed by atoms with van der Waals surface area (Å²) in [6.07, 6.45) is 2.35. The number of hydrogen-bond donors (Lipinski definition) is 2. The largest absolute Gasteiger partial charge is 0.377 e. The zero-order chi connectivity index (χ0) is 14.8. The van der Waals surface area contributed by atoms with Gasteiger partial charge in [0.2, 0.25) is 5.91 Å². The molecule has 21 heavy (non-hydrogen) atoms. The van der Waals surface area contributed by atoms with Crippen molar-refractivity contribution < 1.29 is 13.9 Å². The number of anilines is 1. The molecule has 1 atom stereocenters. The molecule has 1 saturated heterocycles. The van der Waals surface area contributed by atoms with Crippen LogP contribution in [0.1, 0.15) is 18.4 Å². The quantitative estimate of drug-likeness (QED) is 0.841. The Labute approximate surface area is 123 Å². The molecule has 3 rings (SSSR count). The first-order chi connectivity index (χ1) is 10.1. The van der Waals surface area contributed by atoms with Gasteiger partial charge >= 0.3 is 0 Å². The number of primary amides is 1. The average Bonchev–Trinajstić information content (AvgIpc) is 3.29. The van der Waals surface area contributed by atoms with Crippen molar-refractivity contribution >= 4 is 11.6 Å². The number of ether oxygens (including phenoxy) is 1. The van der Waals surface area contributed by atoms with Crippen molar-refractivity contribution in [2.75, 3.05) is 24.7 Å². The Balaban J connectivity index is 1.85. The van der Waals surface area contributed by atoms with E-state index in [-0.39, 0.29) is 12.4 Å². The first kappa shape index (κ1) is 14.3. The first-order valence-corrected chi connectivity index (χ1v) is 7.30. The molecule has 0 spiro atoms. The molecule has 2 aliphatic rings. The van der Waals surface area contributed by atoms with Crippen LogP contribution in [0.5, 0.6) is 0 Å². The average molecular weight is 293 g/mol. The minimum Gasteiger partial charge on any atom is -0.377 e. The van der Waals surface area contributed by atoms with Crippen LogP contribution in [-0.2, 0) is 16.1 Å². The summed E-state index contributed by atoms with van der Waals surface area (Å²) >= 11 is 0. The molecule has 3 N–H and O–H groups in total. The second-order valence-electron chi connectivity index (χ2n) is 5.61. The maximum Gasteiger partial charge on any atom is 0.242 e. The standard InChI is InChI=1S/C15H20FN3O2/c16-11-1-4-13(10(7-11)8-18-12-2-3-12)19-5-6-21-9-14(19)15(17)20/h1,4,7,12,14,18H,2-3,5-6,8-9H2,(H2,17,20). The molecular formula is C15H20FN3O2. The third-order valence-electron chi connectivity index (χ3n) is 3.97. The number of halogens is 1. The lowest BCUT2D eigenvalue weighted by Crippen LogP contribution is -2.53. The van der Waals surface area contributed by atoms with Crippen molar-refractivity contribution in [3.05, 3.63) is 29.6 Å². The Hall–Kier alpha value is -1.66. The lowest BCUT2D eigenvalue weighted by atomic mass is 10.1. The van der Waals surface area contributed by atoms with Crippen LogP contribution in [0.25, 0.3) is 0 Å². The van der Waals surface area contributed by atoms with E-state index in [1.807, 2.05) is 4.90 Å². The summed E-state index contributed by atoms with van der Waals surface area (Å²) in [6.45, 7) is 2.00. The number of amides is 1. The Bertz CT molecular complexity index is 534. The molecule has 1 aromatic carbocycles. The van der Waals surface area contributed by atoms with E-state index in [0.29, 0.717) is 25.7 Å². The number of rotatable bonds is 5. The summed E-state index contributed by atoms with van der Waals surface area (Å²) in [5, 5.41) is 3.38. The lowest BCUT2D eigenvalue weighted by Gasteiger charge is -2.36. The van der Waals surface area contributed by atoms with Crippen LogP contribution in [-0.4, -0.2) is 37.7 Å². The molecule has 114 valence electrons. The number of carbonyl (C=O) groups is 1. The van der Waals surface area contributed by atoms with Crippen LogP contribution in [0.15, 0.2) is 18.2 Å². The van der Waals surface area contributed by atoms with Gasteiger partial charge in [0.25, 0.3) is 0 Å². The van der Waals surface area contributed by atoms with Crippen molar-refractivity contribution in [1.82, 2.24) is 5.32 Å². The summed E-state index contributed by atoms with van der Waals surface area (Å²) in [5.74, 6) is -0.685. The molecule has 1 aromatic rings. The molecule has 1 unspecified atom stereocenters. The number of nitrogens with zero attached hydrogens (tertiary/aromatic N) is 1. The van der Waals surface area contributed by atoms with Gasteiger partial charge in [0.05, 0.1) is 13.2 Å². The summed E-state index contributed by atoms with van der Waals surface area (Å²) in [6, 6.07) is 4.71. The van der Waals surface area contributed by atoms with E-state index in [2.05, 4.69) is 5.32 Å². The van der Waals surface area contributed by atoms with Gasteiger partial charge in [0.15, 0.2) is 0 Å². The summed E-state index contributed by atoms with van der Waals surface area (Å²) in [7, 11) is 0. The highest BCUT2D eigenvalue weighted by molar-refractivity contribution is 5.84. The van der Waals surface area contributed by atoms with Crippen molar-refractivity contribution in [1.29, 1.82) is 0 Å². The van der Waals surface area contributed by atoms with E-state index >= 15 is 0 Å². The second-order valence-corrected chi connectivity index (χ2v) is 5.61. The Kier molecular flexibility index (Phi) is 4.07. The third kappa shape index (κ3) is 3.33.